The molecule has 1 aromatic rings. The Bertz CT molecular complexity index is 360. The van der Waals surface area contributed by atoms with Crippen molar-refractivity contribution in [1.82, 2.24) is 5.32 Å². The summed E-state index contributed by atoms with van der Waals surface area (Å²) < 4.78 is 29.7. The van der Waals surface area contributed by atoms with Gasteiger partial charge in [0.1, 0.15) is 5.75 Å². The number of hydrogen-bond acceptors (Lipinski definition) is 2. The van der Waals surface area contributed by atoms with E-state index in [0.29, 0.717) is 12.6 Å². The van der Waals surface area contributed by atoms with E-state index < -0.39 is 6.61 Å². The number of alkyl halides is 2. The van der Waals surface area contributed by atoms with Gasteiger partial charge >= 0.3 is 6.61 Å². The number of benzene rings is 1. The highest BCUT2D eigenvalue weighted by Crippen LogP contribution is 2.24. The average Bonchev–Trinajstić information content (AvgIpc) is 2.28. The lowest BCUT2D eigenvalue weighted by atomic mass is 10.2. The van der Waals surface area contributed by atoms with E-state index >= 15 is 0 Å². The Morgan fingerprint density at radius 2 is 2.12 bits per heavy atom. The zero-order valence-electron chi connectivity index (χ0n) is 9.84. The van der Waals surface area contributed by atoms with Crippen LogP contribution in [0.3, 0.4) is 0 Å². The first kappa shape index (κ1) is 14.4. The van der Waals surface area contributed by atoms with Crippen LogP contribution in [0.15, 0.2) is 22.7 Å². The molecule has 2 nitrogen and oxygen atoms in total. The van der Waals surface area contributed by atoms with E-state index in [1.807, 2.05) is 6.92 Å². The molecular formula is C12H16BrF2NO. The Labute approximate surface area is 108 Å². The van der Waals surface area contributed by atoms with E-state index in [1.54, 1.807) is 18.2 Å². The van der Waals surface area contributed by atoms with Gasteiger partial charge in [-0.3, -0.25) is 0 Å². The molecule has 0 saturated heterocycles. The standard InChI is InChI=1S/C12H16BrF2NO/c1-3-8(2)16-7-9-6-10(13)4-5-11(9)17-12(14)15/h4-6,8,12,16H,3,7H2,1-2H3. The van der Waals surface area contributed by atoms with Crippen molar-refractivity contribution in [2.24, 2.45) is 0 Å². The molecule has 0 saturated carbocycles. The number of ether oxygens (including phenoxy) is 1. The second kappa shape index (κ2) is 6.91. The molecular weight excluding hydrogens is 292 g/mol. The second-order valence-corrected chi connectivity index (χ2v) is 4.74. The Kier molecular flexibility index (Phi) is 5.85. The minimum Gasteiger partial charge on any atom is -0.434 e. The molecule has 0 aliphatic carbocycles. The molecule has 1 unspecified atom stereocenters. The van der Waals surface area contributed by atoms with Gasteiger partial charge in [-0.15, -0.1) is 0 Å². The Morgan fingerprint density at radius 3 is 2.71 bits per heavy atom. The van der Waals surface area contributed by atoms with E-state index in [1.165, 1.54) is 0 Å². The maximum atomic E-state index is 12.2. The molecule has 96 valence electrons. The van der Waals surface area contributed by atoms with Gasteiger partial charge in [-0.05, 0) is 31.5 Å². The van der Waals surface area contributed by atoms with Crippen molar-refractivity contribution >= 4 is 15.9 Å². The third-order valence-corrected chi connectivity index (χ3v) is 2.99. The minimum atomic E-state index is -2.79. The van der Waals surface area contributed by atoms with Crippen molar-refractivity contribution in [3.05, 3.63) is 28.2 Å². The molecule has 0 aromatic heterocycles. The van der Waals surface area contributed by atoms with Crippen molar-refractivity contribution in [3.63, 3.8) is 0 Å². The summed E-state index contributed by atoms with van der Waals surface area (Å²) >= 11 is 3.32. The number of hydrogen-bond donors (Lipinski definition) is 1. The summed E-state index contributed by atoms with van der Waals surface area (Å²) in [5.74, 6) is 0.221. The summed E-state index contributed by atoms with van der Waals surface area (Å²) in [6, 6.07) is 5.36. The average molecular weight is 308 g/mol. The first-order valence-corrected chi connectivity index (χ1v) is 6.28. The molecule has 1 rings (SSSR count). The van der Waals surface area contributed by atoms with E-state index in [4.69, 9.17) is 0 Å². The Balaban J connectivity index is 2.76. The smallest absolute Gasteiger partial charge is 0.387 e. The third kappa shape index (κ3) is 5.00. The molecule has 0 fully saturated rings. The van der Waals surface area contributed by atoms with Crippen molar-refractivity contribution < 1.29 is 13.5 Å². The van der Waals surface area contributed by atoms with Crippen LogP contribution in [0, 0.1) is 0 Å². The van der Waals surface area contributed by atoms with Gasteiger partial charge in [0.2, 0.25) is 0 Å². The van der Waals surface area contributed by atoms with E-state index in [0.717, 1.165) is 16.5 Å². The second-order valence-electron chi connectivity index (χ2n) is 3.82. The van der Waals surface area contributed by atoms with Crippen molar-refractivity contribution in [2.45, 2.75) is 39.5 Å². The molecule has 0 aliphatic rings. The van der Waals surface area contributed by atoms with Crippen LogP contribution in [-0.4, -0.2) is 12.7 Å². The zero-order valence-corrected chi connectivity index (χ0v) is 11.4. The van der Waals surface area contributed by atoms with Crippen LogP contribution in [0.1, 0.15) is 25.8 Å². The van der Waals surface area contributed by atoms with Crippen molar-refractivity contribution in [1.29, 1.82) is 0 Å². The summed E-state index contributed by atoms with van der Waals surface area (Å²) in [7, 11) is 0. The van der Waals surface area contributed by atoms with Crippen molar-refractivity contribution in [2.75, 3.05) is 0 Å². The highest BCUT2D eigenvalue weighted by molar-refractivity contribution is 9.10. The van der Waals surface area contributed by atoms with Gasteiger partial charge in [0, 0.05) is 22.6 Å². The topological polar surface area (TPSA) is 21.3 Å². The number of nitrogens with one attached hydrogen (secondary N) is 1. The van der Waals surface area contributed by atoms with E-state index in [2.05, 4.69) is 32.9 Å². The van der Waals surface area contributed by atoms with Gasteiger partial charge < -0.3 is 10.1 Å². The molecule has 5 heteroatoms. The summed E-state index contributed by atoms with van der Waals surface area (Å²) in [4.78, 5) is 0. The summed E-state index contributed by atoms with van der Waals surface area (Å²) in [5.41, 5.74) is 0.722. The van der Waals surface area contributed by atoms with Gasteiger partial charge in [-0.2, -0.15) is 8.78 Å². The van der Waals surface area contributed by atoms with Crippen LogP contribution in [-0.2, 0) is 6.54 Å². The van der Waals surface area contributed by atoms with Gasteiger partial charge in [0.05, 0.1) is 0 Å². The fourth-order valence-corrected chi connectivity index (χ4v) is 1.73. The Hall–Kier alpha value is -0.680. The van der Waals surface area contributed by atoms with Crippen molar-refractivity contribution in [3.8, 4) is 5.75 Å². The van der Waals surface area contributed by atoms with Crippen LogP contribution in [0.4, 0.5) is 8.78 Å². The van der Waals surface area contributed by atoms with Crippen LogP contribution in [0.5, 0.6) is 5.75 Å². The quantitative estimate of drug-likeness (QED) is 0.859. The molecule has 0 heterocycles. The molecule has 0 radical (unpaired) electrons. The molecule has 1 atom stereocenters. The maximum absolute atomic E-state index is 12.2. The van der Waals surface area contributed by atoms with Crippen LogP contribution >= 0.6 is 15.9 Å². The largest absolute Gasteiger partial charge is 0.434 e. The molecule has 1 N–H and O–H groups in total. The monoisotopic (exact) mass is 307 g/mol. The highest BCUT2D eigenvalue weighted by atomic mass is 79.9. The maximum Gasteiger partial charge on any atom is 0.387 e. The molecule has 0 spiro atoms. The highest BCUT2D eigenvalue weighted by Gasteiger charge is 2.10. The number of rotatable bonds is 6. The normalized spacial score (nSPS) is 12.8. The fraction of sp³-hybridized carbons (Fsp3) is 0.500. The fourth-order valence-electron chi connectivity index (χ4n) is 1.33. The SMILES string of the molecule is CCC(C)NCc1cc(Br)ccc1OC(F)F. The first-order valence-electron chi connectivity index (χ1n) is 5.49. The first-order chi connectivity index (χ1) is 8.02. The van der Waals surface area contributed by atoms with Crippen LogP contribution in [0.25, 0.3) is 0 Å². The molecule has 0 aliphatic heterocycles. The lowest BCUT2D eigenvalue weighted by Crippen LogP contribution is -2.24. The zero-order chi connectivity index (χ0) is 12.8. The van der Waals surface area contributed by atoms with Gasteiger partial charge in [0.15, 0.2) is 0 Å². The molecule has 1 aromatic carbocycles. The third-order valence-electron chi connectivity index (χ3n) is 2.49. The lowest BCUT2D eigenvalue weighted by Gasteiger charge is -2.15. The lowest BCUT2D eigenvalue weighted by molar-refractivity contribution is -0.0505. The molecule has 0 amide bonds. The number of halogens is 3. The van der Waals surface area contributed by atoms with Gasteiger partial charge in [-0.25, -0.2) is 0 Å². The molecule has 17 heavy (non-hydrogen) atoms. The van der Waals surface area contributed by atoms with Crippen LogP contribution < -0.4 is 10.1 Å². The Morgan fingerprint density at radius 1 is 1.41 bits per heavy atom. The predicted octanol–water partition coefficient (Wildman–Crippen LogP) is 3.94. The summed E-state index contributed by atoms with van der Waals surface area (Å²) in [6.45, 7) is 1.83. The van der Waals surface area contributed by atoms with Gasteiger partial charge in [-0.1, -0.05) is 22.9 Å². The van der Waals surface area contributed by atoms with E-state index in [9.17, 15) is 8.78 Å². The van der Waals surface area contributed by atoms with Crippen LogP contribution in [0.2, 0.25) is 0 Å². The minimum absolute atomic E-state index is 0.221. The summed E-state index contributed by atoms with van der Waals surface area (Å²) in [5, 5.41) is 3.24. The summed E-state index contributed by atoms with van der Waals surface area (Å²) in [6.07, 6.45) is 0.985. The van der Waals surface area contributed by atoms with E-state index in [-0.39, 0.29) is 5.75 Å². The van der Waals surface area contributed by atoms with Gasteiger partial charge in [0.25, 0.3) is 0 Å². The predicted molar refractivity (Wildman–Crippen MR) is 67.4 cm³/mol. The molecule has 0 bridgehead atoms.